The molecule has 0 bridgehead atoms. The van der Waals surface area contributed by atoms with Crippen molar-refractivity contribution in [3.05, 3.63) is 29.8 Å². The van der Waals surface area contributed by atoms with E-state index in [1.54, 1.807) is 0 Å². The quantitative estimate of drug-likeness (QED) is 0.859. The van der Waals surface area contributed by atoms with Gasteiger partial charge in [0.05, 0.1) is 0 Å². The average molecular weight is 380 g/mol. The lowest BCUT2D eigenvalue weighted by atomic mass is 9.73. The Bertz CT molecular complexity index is 819. The number of carboxylic acid groups (broad SMARTS) is 1. The highest BCUT2D eigenvalue weighted by Gasteiger charge is 2.59. The van der Waals surface area contributed by atoms with E-state index in [0.29, 0.717) is 24.8 Å². The number of benzene rings is 1. The van der Waals surface area contributed by atoms with E-state index >= 15 is 0 Å². The van der Waals surface area contributed by atoms with Gasteiger partial charge < -0.3 is 9.84 Å². The Morgan fingerprint density at radius 1 is 1.23 bits per heavy atom. The molecule has 3 aliphatic heterocycles. The van der Waals surface area contributed by atoms with Crippen molar-refractivity contribution in [1.29, 1.82) is 0 Å². The van der Waals surface area contributed by atoms with E-state index < -0.39 is 27.5 Å². The predicted octanol–water partition coefficient (Wildman–Crippen LogP) is 1.53. The summed E-state index contributed by atoms with van der Waals surface area (Å²) in [4.78, 5) is 12.1. The first-order chi connectivity index (χ1) is 12.3. The third kappa shape index (κ3) is 2.62. The molecule has 2 fully saturated rings. The highest BCUT2D eigenvalue weighted by atomic mass is 32.2. The van der Waals surface area contributed by atoms with Gasteiger partial charge in [0.25, 0.3) is 10.2 Å². The molecule has 3 aliphatic rings. The first-order valence-corrected chi connectivity index (χ1v) is 10.4. The maximum atomic E-state index is 13.1. The summed E-state index contributed by atoms with van der Waals surface area (Å²) >= 11 is 0. The molecule has 26 heavy (non-hydrogen) atoms. The summed E-state index contributed by atoms with van der Waals surface area (Å²) in [6.07, 6.45) is 1.68. The Morgan fingerprint density at radius 3 is 2.62 bits per heavy atom. The zero-order valence-corrected chi connectivity index (χ0v) is 15.6. The molecule has 2 saturated heterocycles. The van der Waals surface area contributed by atoms with Gasteiger partial charge in [-0.15, -0.1) is 0 Å². The molecule has 8 heteroatoms. The van der Waals surface area contributed by atoms with Gasteiger partial charge in [-0.1, -0.05) is 25.1 Å². The van der Waals surface area contributed by atoms with Crippen LogP contribution in [0.4, 0.5) is 0 Å². The van der Waals surface area contributed by atoms with Crippen molar-refractivity contribution in [1.82, 2.24) is 8.61 Å². The lowest BCUT2D eigenvalue weighted by Crippen LogP contribution is -2.49. The Hall–Kier alpha value is -1.64. The standard InChI is InChI=1S/C18H24N2O5S/c1-13-6-8-19(9-7-13)26(23,24)20-10-15-14-4-2-3-5-16(14)25-12-18(15,11-20)17(21)22/h2-5,13,15H,6-12H2,1H3,(H,21,22)/t15-,18-/m1/s1. The van der Waals surface area contributed by atoms with E-state index in [1.807, 2.05) is 24.3 Å². The van der Waals surface area contributed by atoms with Gasteiger partial charge >= 0.3 is 5.97 Å². The second-order valence-electron chi connectivity index (χ2n) is 7.72. The Kier molecular flexibility index (Phi) is 4.24. The summed E-state index contributed by atoms with van der Waals surface area (Å²) in [6.45, 7) is 3.25. The van der Waals surface area contributed by atoms with E-state index in [9.17, 15) is 18.3 Å². The second-order valence-corrected chi connectivity index (χ2v) is 9.65. The summed E-state index contributed by atoms with van der Waals surface area (Å²) in [5.74, 6) is -0.223. The van der Waals surface area contributed by atoms with Crippen molar-refractivity contribution in [3.63, 3.8) is 0 Å². The molecular weight excluding hydrogens is 356 g/mol. The smallest absolute Gasteiger partial charge is 0.315 e. The summed E-state index contributed by atoms with van der Waals surface area (Å²) in [7, 11) is -3.67. The minimum absolute atomic E-state index is 0.00688. The molecule has 0 aromatic heterocycles. The van der Waals surface area contributed by atoms with Crippen LogP contribution >= 0.6 is 0 Å². The normalized spacial score (nSPS) is 30.4. The van der Waals surface area contributed by atoms with E-state index in [4.69, 9.17) is 4.74 Å². The molecule has 1 aromatic rings. The number of nitrogens with zero attached hydrogens (tertiary/aromatic N) is 2. The summed E-state index contributed by atoms with van der Waals surface area (Å²) < 4.78 is 34.8. The molecule has 4 rings (SSSR count). The third-order valence-corrected chi connectivity index (χ3v) is 8.06. The zero-order valence-electron chi connectivity index (χ0n) is 14.8. The fraction of sp³-hybridized carbons (Fsp3) is 0.611. The molecule has 1 N–H and O–H groups in total. The summed E-state index contributed by atoms with van der Waals surface area (Å²) in [6, 6.07) is 7.33. The molecule has 1 aromatic carbocycles. The number of hydrogen-bond acceptors (Lipinski definition) is 4. The fourth-order valence-electron chi connectivity index (χ4n) is 4.35. The molecule has 7 nitrogen and oxygen atoms in total. The van der Waals surface area contributed by atoms with Crippen LogP contribution in [-0.4, -0.2) is 60.9 Å². The van der Waals surface area contributed by atoms with Gasteiger partial charge in [0, 0.05) is 32.1 Å². The van der Waals surface area contributed by atoms with E-state index in [-0.39, 0.29) is 19.7 Å². The molecule has 0 saturated carbocycles. The Morgan fingerprint density at radius 2 is 1.92 bits per heavy atom. The number of fused-ring (bicyclic) bond motifs is 3. The van der Waals surface area contributed by atoms with Crippen LogP contribution in [0.1, 0.15) is 31.2 Å². The first-order valence-electron chi connectivity index (χ1n) is 9.05. The summed E-state index contributed by atoms with van der Waals surface area (Å²) in [5, 5.41) is 9.94. The van der Waals surface area contributed by atoms with Gasteiger partial charge in [-0.05, 0) is 30.4 Å². The number of para-hydroxylation sites is 1. The molecule has 3 heterocycles. The first kappa shape index (κ1) is 17.8. The largest absolute Gasteiger partial charge is 0.492 e. The van der Waals surface area contributed by atoms with Crippen LogP contribution in [0.3, 0.4) is 0 Å². The highest BCUT2D eigenvalue weighted by Crippen LogP contribution is 2.50. The van der Waals surface area contributed by atoms with Crippen molar-refractivity contribution in [3.8, 4) is 5.75 Å². The Balaban J connectivity index is 1.67. The fourth-order valence-corrected chi connectivity index (χ4v) is 6.08. The van der Waals surface area contributed by atoms with Crippen molar-refractivity contribution in [2.24, 2.45) is 11.3 Å². The van der Waals surface area contributed by atoms with E-state index in [0.717, 1.165) is 18.4 Å². The number of carbonyl (C=O) groups is 1. The van der Waals surface area contributed by atoms with Crippen LogP contribution in [0.25, 0.3) is 0 Å². The van der Waals surface area contributed by atoms with Gasteiger partial charge in [-0.25, -0.2) is 0 Å². The van der Waals surface area contributed by atoms with Crippen LogP contribution in [0, 0.1) is 11.3 Å². The highest BCUT2D eigenvalue weighted by molar-refractivity contribution is 7.86. The molecule has 0 spiro atoms. The minimum atomic E-state index is -3.67. The van der Waals surface area contributed by atoms with Gasteiger partial charge in [0.15, 0.2) is 0 Å². The van der Waals surface area contributed by atoms with Crippen molar-refractivity contribution in [2.75, 3.05) is 32.8 Å². The number of carboxylic acids is 1. The van der Waals surface area contributed by atoms with Gasteiger partial charge in [-0.2, -0.15) is 17.0 Å². The van der Waals surface area contributed by atoms with Crippen LogP contribution in [0.2, 0.25) is 0 Å². The number of aliphatic carboxylic acids is 1. The minimum Gasteiger partial charge on any atom is -0.492 e. The van der Waals surface area contributed by atoms with Gasteiger partial charge in [0.2, 0.25) is 0 Å². The number of hydrogen-bond donors (Lipinski definition) is 1. The van der Waals surface area contributed by atoms with Gasteiger partial charge in [0.1, 0.15) is 17.8 Å². The van der Waals surface area contributed by atoms with E-state index in [2.05, 4.69) is 6.92 Å². The van der Waals surface area contributed by atoms with Crippen molar-refractivity contribution >= 4 is 16.2 Å². The second kappa shape index (κ2) is 6.21. The maximum absolute atomic E-state index is 13.1. The molecule has 0 amide bonds. The van der Waals surface area contributed by atoms with E-state index in [1.165, 1.54) is 8.61 Å². The predicted molar refractivity (Wildman–Crippen MR) is 95.2 cm³/mol. The molecule has 0 radical (unpaired) electrons. The lowest BCUT2D eigenvalue weighted by molar-refractivity contribution is -0.151. The van der Waals surface area contributed by atoms with Crippen molar-refractivity contribution in [2.45, 2.75) is 25.7 Å². The van der Waals surface area contributed by atoms with Crippen LogP contribution < -0.4 is 4.74 Å². The van der Waals surface area contributed by atoms with Gasteiger partial charge in [-0.3, -0.25) is 4.79 Å². The Labute approximate surface area is 153 Å². The van der Waals surface area contributed by atoms with Crippen LogP contribution in [0.5, 0.6) is 5.75 Å². The maximum Gasteiger partial charge on any atom is 0.315 e. The topological polar surface area (TPSA) is 87.2 Å². The molecule has 0 aliphatic carbocycles. The average Bonchev–Trinajstić information content (AvgIpc) is 3.05. The lowest BCUT2D eigenvalue weighted by Gasteiger charge is -2.36. The molecule has 142 valence electrons. The third-order valence-electron chi connectivity index (χ3n) is 6.11. The van der Waals surface area contributed by atoms with Crippen LogP contribution in [0.15, 0.2) is 24.3 Å². The number of piperidine rings is 1. The van der Waals surface area contributed by atoms with Crippen LogP contribution in [-0.2, 0) is 15.0 Å². The molecular formula is C18H24N2O5S. The molecule has 0 unspecified atom stereocenters. The SMILES string of the molecule is CC1CCN(S(=O)(=O)N2C[C@@H]3c4ccccc4OC[C@]3(C(=O)O)C2)CC1. The zero-order chi connectivity index (χ0) is 18.5. The monoisotopic (exact) mass is 380 g/mol. The van der Waals surface area contributed by atoms with Crippen molar-refractivity contribution < 1.29 is 23.1 Å². The summed E-state index contributed by atoms with van der Waals surface area (Å²) in [5.41, 5.74) is -0.448. The number of rotatable bonds is 3. The molecule has 2 atom stereocenters. The number of ether oxygens (including phenoxy) is 1.